The molecule has 0 saturated heterocycles. The molecule has 0 aliphatic heterocycles. The van der Waals surface area contributed by atoms with Crippen molar-refractivity contribution in [3.8, 4) is 5.75 Å². The molecule has 0 heterocycles. The summed E-state index contributed by atoms with van der Waals surface area (Å²) in [5.74, 6) is 0.00212. The summed E-state index contributed by atoms with van der Waals surface area (Å²) in [4.78, 5) is 12.6. The minimum atomic E-state index is -0.309. The van der Waals surface area contributed by atoms with Crippen LogP contribution in [-0.2, 0) is 0 Å². The van der Waals surface area contributed by atoms with Crippen molar-refractivity contribution in [3.05, 3.63) is 56.6 Å². The molecule has 0 aromatic heterocycles. The zero-order chi connectivity index (χ0) is 16.4. The monoisotopic (exact) mass is 337 g/mol. The summed E-state index contributed by atoms with van der Waals surface area (Å²) in [5, 5.41) is 3.60. The molecule has 2 rings (SSSR count). The molecule has 0 saturated carbocycles. The Labute approximate surface area is 140 Å². The van der Waals surface area contributed by atoms with E-state index in [1.807, 2.05) is 32.9 Å². The van der Waals surface area contributed by atoms with Gasteiger partial charge in [-0.2, -0.15) is 0 Å². The molecule has 0 fully saturated rings. The van der Waals surface area contributed by atoms with Crippen LogP contribution in [0.3, 0.4) is 0 Å². The Bertz CT molecular complexity index is 719. The smallest absolute Gasteiger partial charge is 0.259 e. The molecule has 1 amide bonds. The van der Waals surface area contributed by atoms with Gasteiger partial charge in [-0.05, 0) is 44.0 Å². The summed E-state index contributed by atoms with van der Waals surface area (Å²) in [6.45, 7) is 5.93. The first kappa shape index (κ1) is 16.7. The van der Waals surface area contributed by atoms with E-state index in [9.17, 15) is 4.79 Å². The first-order valence-electron chi connectivity index (χ1n) is 6.75. The number of ether oxygens (including phenoxy) is 1. The molecule has 0 spiro atoms. The highest BCUT2D eigenvalue weighted by atomic mass is 35.5. The number of amides is 1. The van der Waals surface area contributed by atoms with E-state index in [0.29, 0.717) is 21.4 Å². The fourth-order valence-corrected chi connectivity index (χ4v) is 3.07. The summed E-state index contributed by atoms with van der Waals surface area (Å²) in [7, 11) is 1.47. The zero-order valence-electron chi connectivity index (χ0n) is 12.9. The van der Waals surface area contributed by atoms with Gasteiger partial charge in [0.05, 0.1) is 17.7 Å². The Morgan fingerprint density at radius 2 is 1.64 bits per heavy atom. The third-order valence-corrected chi connectivity index (χ3v) is 3.87. The lowest BCUT2D eigenvalue weighted by molar-refractivity contribution is 0.102. The van der Waals surface area contributed by atoms with Crippen molar-refractivity contribution in [1.29, 1.82) is 0 Å². The van der Waals surface area contributed by atoms with Crippen LogP contribution in [0.15, 0.2) is 24.3 Å². The Balaban J connectivity index is 2.43. The second-order valence-electron chi connectivity index (χ2n) is 5.20. The van der Waals surface area contributed by atoms with Crippen molar-refractivity contribution in [2.24, 2.45) is 0 Å². The van der Waals surface area contributed by atoms with Crippen molar-refractivity contribution in [1.82, 2.24) is 0 Å². The van der Waals surface area contributed by atoms with Crippen LogP contribution in [0, 0.1) is 20.8 Å². The lowest BCUT2D eigenvalue weighted by atomic mass is 10.0. The van der Waals surface area contributed by atoms with Crippen molar-refractivity contribution >= 4 is 34.8 Å². The SMILES string of the molecule is COc1c(Cl)cc(Cl)cc1C(=O)Nc1c(C)cc(C)cc1C. The maximum Gasteiger partial charge on any atom is 0.259 e. The molecule has 5 heteroatoms. The predicted octanol–water partition coefficient (Wildman–Crippen LogP) is 5.18. The Hall–Kier alpha value is -1.71. The van der Waals surface area contributed by atoms with E-state index in [-0.39, 0.29) is 5.91 Å². The average molecular weight is 338 g/mol. The summed E-state index contributed by atoms with van der Waals surface area (Å²) < 4.78 is 5.22. The third kappa shape index (κ3) is 3.37. The fourth-order valence-electron chi connectivity index (χ4n) is 2.49. The number of benzene rings is 2. The highest BCUT2D eigenvalue weighted by Gasteiger charge is 2.18. The van der Waals surface area contributed by atoms with Crippen LogP contribution in [0.25, 0.3) is 0 Å². The molecule has 0 bridgehead atoms. The number of carbonyl (C=O) groups is 1. The number of methoxy groups -OCH3 is 1. The van der Waals surface area contributed by atoms with Gasteiger partial charge in [0.25, 0.3) is 5.91 Å². The molecule has 22 heavy (non-hydrogen) atoms. The van der Waals surface area contributed by atoms with Crippen LogP contribution in [0.4, 0.5) is 5.69 Å². The van der Waals surface area contributed by atoms with E-state index in [1.54, 1.807) is 12.1 Å². The molecule has 1 N–H and O–H groups in total. The maximum atomic E-state index is 12.6. The van der Waals surface area contributed by atoms with Crippen molar-refractivity contribution in [2.75, 3.05) is 12.4 Å². The van der Waals surface area contributed by atoms with Crippen LogP contribution in [-0.4, -0.2) is 13.0 Å². The van der Waals surface area contributed by atoms with E-state index >= 15 is 0 Å². The zero-order valence-corrected chi connectivity index (χ0v) is 14.4. The molecule has 0 unspecified atom stereocenters. The van der Waals surface area contributed by atoms with Crippen molar-refractivity contribution < 1.29 is 9.53 Å². The van der Waals surface area contributed by atoms with E-state index in [0.717, 1.165) is 22.4 Å². The molecular formula is C17H17Cl2NO2. The summed E-state index contributed by atoms with van der Waals surface area (Å²) in [6.07, 6.45) is 0. The molecule has 0 aliphatic rings. The normalized spacial score (nSPS) is 10.5. The summed E-state index contributed by atoms with van der Waals surface area (Å²) in [6, 6.07) is 7.12. The molecule has 0 atom stereocenters. The van der Waals surface area contributed by atoms with E-state index in [4.69, 9.17) is 27.9 Å². The lowest BCUT2D eigenvalue weighted by Gasteiger charge is -2.15. The molecule has 116 valence electrons. The van der Waals surface area contributed by atoms with Gasteiger partial charge in [0.15, 0.2) is 0 Å². The van der Waals surface area contributed by atoms with E-state index in [1.165, 1.54) is 7.11 Å². The van der Waals surface area contributed by atoms with E-state index < -0.39 is 0 Å². The minimum absolute atomic E-state index is 0.303. The number of aryl methyl sites for hydroxylation is 3. The van der Waals surface area contributed by atoms with E-state index in [2.05, 4.69) is 5.32 Å². The number of hydrogen-bond acceptors (Lipinski definition) is 2. The van der Waals surface area contributed by atoms with Crippen LogP contribution in [0.2, 0.25) is 10.0 Å². The first-order valence-corrected chi connectivity index (χ1v) is 7.51. The van der Waals surface area contributed by atoms with Crippen LogP contribution >= 0.6 is 23.2 Å². The summed E-state index contributed by atoms with van der Waals surface area (Å²) >= 11 is 12.1. The highest BCUT2D eigenvalue weighted by molar-refractivity contribution is 6.36. The Kier molecular flexibility index (Phi) is 4.99. The molecule has 3 nitrogen and oxygen atoms in total. The highest BCUT2D eigenvalue weighted by Crippen LogP contribution is 2.33. The van der Waals surface area contributed by atoms with Crippen LogP contribution in [0.1, 0.15) is 27.0 Å². The molecular weight excluding hydrogens is 321 g/mol. The number of nitrogens with one attached hydrogen (secondary N) is 1. The average Bonchev–Trinajstić information content (AvgIpc) is 2.41. The number of hydrogen-bond donors (Lipinski definition) is 1. The number of rotatable bonds is 3. The predicted molar refractivity (Wildman–Crippen MR) is 91.6 cm³/mol. The minimum Gasteiger partial charge on any atom is -0.494 e. The van der Waals surface area contributed by atoms with Gasteiger partial charge in [-0.1, -0.05) is 40.9 Å². The van der Waals surface area contributed by atoms with Gasteiger partial charge in [-0.3, -0.25) is 4.79 Å². The van der Waals surface area contributed by atoms with Gasteiger partial charge in [0, 0.05) is 10.7 Å². The maximum absolute atomic E-state index is 12.6. The van der Waals surface area contributed by atoms with Gasteiger partial charge in [-0.15, -0.1) is 0 Å². The van der Waals surface area contributed by atoms with Crippen molar-refractivity contribution in [3.63, 3.8) is 0 Å². The van der Waals surface area contributed by atoms with Gasteiger partial charge in [0.1, 0.15) is 5.75 Å². The quantitative estimate of drug-likeness (QED) is 0.837. The third-order valence-electron chi connectivity index (χ3n) is 3.37. The second kappa shape index (κ2) is 6.59. The van der Waals surface area contributed by atoms with Gasteiger partial charge in [-0.25, -0.2) is 0 Å². The first-order chi connectivity index (χ1) is 10.3. The number of anilines is 1. The second-order valence-corrected chi connectivity index (χ2v) is 6.04. The van der Waals surface area contributed by atoms with Gasteiger partial charge < -0.3 is 10.1 Å². The Morgan fingerprint density at radius 1 is 1.05 bits per heavy atom. The molecule has 2 aromatic carbocycles. The van der Waals surface area contributed by atoms with Crippen LogP contribution < -0.4 is 10.1 Å². The van der Waals surface area contributed by atoms with Gasteiger partial charge in [0.2, 0.25) is 0 Å². The number of carbonyl (C=O) groups excluding carboxylic acids is 1. The molecule has 2 aromatic rings. The van der Waals surface area contributed by atoms with Crippen molar-refractivity contribution in [2.45, 2.75) is 20.8 Å². The fraction of sp³-hybridized carbons (Fsp3) is 0.235. The van der Waals surface area contributed by atoms with Gasteiger partial charge >= 0.3 is 0 Å². The standard InChI is InChI=1S/C17H17Cl2NO2/c1-9-5-10(2)15(11(3)6-9)20-17(21)13-7-12(18)8-14(19)16(13)22-4/h5-8H,1-4H3,(H,20,21). The lowest BCUT2D eigenvalue weighted by Crippen LogP contribution is -2.15. The topological polar surface area (TPSA) is 38.3 Å². The Morgan fingerprint density at radius 3 is 2.18 bits per heavy atom. The molecule has 0 aliphatic carbocycles. The largest absolute Gasteiger partial charge is 0.494 e. The number of halogens is 2. The van der Waals surface area contributed by atoms with Crippen LogP contribution in [0.5, 0.6) is 5.75 Å². The molecule has 0 radical (unpaired) electrons. The summed E-state index contributed by atoms with van der Waals surface area (Å²) in [5.41, 5.74) is 4.24.